The number of imidazole rings is 2. The smallest absolute Gasteiger partial charge is 0.167 e. The summed E-state index contributed by atoms with van der Waals surface area (Å²) in [5.74, 6) is 0.0994. The second-order valence-electron chi connectivity index (χ2n) is 15.9. The van der Waals surface area contributed by atoms with Crippen LogP contribution >= 0.6 is 0 Å². The third-order valence-electron chi connectivity index (χ3n) is 11.1. The van der Waals surface area contributed by atoms with E-state index in [1.165, 1.54) is 12.7 Å². The maximum atomic E-state index is 6.58. The van der Waals surface area contributed by atoms with E-state index in [2.05, 4.69) is 49.1 Å². The highest BCUT2D eigenvalue weighted by atomic mass is 16.8. The SMILES string of the molecule is CC1CC2(C1)O[C@@H](n1cnc3c(N)ncnc31)[C@@H]1OC(C)(C)O[C@@H]12.CCCNC1CC2(C1)O[C@@H](n1cnc3c(N)ncnc31)[C@@H]1OC(C)(C)O[C@@H]12. The van der Waals surface area contributed by atoms with Gasteiger partial charge in [0.15, 0.2) is 47.0 Å². The quantitative estimate of drug-likeness (QED) is 0.273. The maximum Gasteiger partial charge on any atom is 0.167 e. The Balaban J connectivity index is 0.000000137. The van der Waals surface area contributed by atoms with Crippen molar-refractivity contribution in [2.75, 3.05) is 18.0 Å². The fourth-order valence-corrected chi connectivity index (χ4v) is 9.15. The Morgan fingerprint density at radius 1 is 0.686 bits per heavy atom. The summed E-state index contributed by atoms with van der Waals surface area (Å²) in [7, 11) is 0. The van der Waals surface area contributed by atoms with E-state index in [0.717, 1.165) is 38.6 Å². The number of nitrogens with zero attached hydrogens (tertiary/aromatic N) is 8. The molecule has 0 unspecified atom stereocenters. The van der Waals surface area contributed by atoms with Crippen LogP contribution in [0.2, 0.25) is 0 Å². The van der Waals surface area contributed by atoms with E-state index < -0.39 is 11.6 Å². The molecule has 0 radical (unpaired) electrons. The average Bonchev–Trinajstić information content (AvgIpc) is 3.87. The molecule has 2 saturated carbocycles. The first-order valence-corrected chi connectivity index (χ1v) is 18.0. The molecule has 51 heavy (non-hydrogen) atoms. The predicted octanol–water partition coefficient (Wildman–Crippen LogP) is 2.98. The first-order valence-electron chi connectivity index (χ1n) is 18.0. The van der Waals surface area contributed by atoms with E-state index >= 15 is 0 Å². The molecule has 0 bridgehead atoms. The minimum absolute atomic E-state index is 0.0784. The summed E-state index contributed by atoms with van der Waals surface area (Å²) in [4.78, 5) is 25.5. The van der Waals surface area contributed by atoms with Gasteiger partial charge in [-0.25, -0.2) is 29.9 Å². The van der Waals surface area contributed by atoms with Gasteiger partial charge in [0.2, 0.25) is 0 Å². The van der Waals surface area contributed by atoms with Gasteiger partial charge in [-0.3, -0.25) is 9.13 Å². The molecule has 17 nitrogen and oxygen atoms in total. The number of ether oxygens (including phenoxy) is 6. The molecule has 0 aromatic carbocycles. The first kappa shape index (κ1) is 33.3. The molecule has 6 aliphatic rings. The number of hydrogen-bond donors (Lipinski definition) is 3. The van der Waals surface area contributed by atoms with Crippen LogP contribution in [0.1, 0.15) is 86.1 Å². The van der Waals surface area contributed by atoms with Crippen molar-refractivity contribution in [2.24, 2.45) is 5.92 Å². The third-order valence-corrected chi connectivity index (χ3v) is 11.1. The van der Waals surface area contributed by atoms with Crippen molar-refractivity contribution in [1.29, 1.82) is 0 Å². The third kappa shape index (κ3) is 5.22. The first-order chi connectivity index (χ1) is 24.3. The molecule has 2 aliphatic carbocycles. The normalized spacial score (nSPS) is 38.5. The molecule has 8 heterocycles. The van der Waals surface area contributed by atoms with E-state index in [4.69, 9.17) is 39.9 Å². The molecular weight excluding hydrogens is 658 g/mol. The number of rotatable bonds is 5. The monoisotopic (exact) mass is 705 g/mol. The predicted molar refractivity (Wildman–Crippen MR) is 183 cm³/mol. The van der Waals surface area contributed by atoms with Gasteiger partial charge in [-0.2, -0.15) is 0 Å². The average molecular weight is 706 g/mol. The summed E-state index contributed by atoms with van der Waals surface area (Å²) in [6.07, 6.45) is 9.90. The number of nitrogens with two attached hydrogens (primary N) is 2. The van der Waals surface area contributed by atoms with Crippen LogP contribution in [0.3, 0.4) is 0 Å². The second-order valence-corrected chi connectivity index (χ2v) is 15.9. The number of fused-ring (bicyclic) bond motifs is 6. The molecule has 274 valence electrons. The largest absolute Gasteiger partial charge is 0.382 e. The van der Waals surface area contributed by atoms with Crippen molar-refractivity contribution < 1.29 is 28.4 Å². The van der Waals surface area contributed by atoms with Gasteiger partial charge in [-0.05, 0) is 72.3 Å². The van der Waals surface area contributed by atoms with E-state index in [-0.39, 0.29) is 48.1 Å². The van der Waals surface area contributed by atoms with Crippen molar-refractivity contribution in [3.05, 3.63) is 25.3 Å². The Morgan fingerprint density at radius 2 is 1.16 bits per heavy atom. The van der Waals surface area contributed by atoms with Gasteiger partial charge < -0.3 is 45.2 Å². The standard InChI is InChI=1S/C18H26N6O3.C16H21N5O3/c1-4-5-20-10-6-18(7-10)13-12(25-17(2,3)26-13)16(27-18)24-9-23-11-14(19)21-8-22-15(11)24;1-8-4-16(5-8)11-10(22-15(2,3)23-11)14(24-16)21-7-20-9-12(17)18-6-19-13(9)21/h8-10,12-13,16,20H,4-7H2,1-3H3,(H2,19,21,22);6-8,10-11,14H,4-5H2,1-3H3,(H2,17,18,19)/t10?,12-,13+,16-,18?;8?,10-,11+,14-,16?/m11/s1. The van der Waals surface area contributed by atoms with Crippen molar-refractivity contribution in [1.82, 2.24) is 44.4 Å². The lowest BCUT2D eigenvalue weighted by atomic mass is 9.69. The molecular formula is C34H47N11O6. The summed E-state index contributed by atoms with van der Waals surface area (Å²) in [6, 6.07) is 0.453. The summed E-state index contributed by atoms with van der Waals surface area (Å²) < 4.78 is 41.8. The van der Waals surface area contributed by atoms with Crippen LogP contribution in [0.4, 0.5) is 11.6 Å². The zero-order valence-corrected chi connectivity index (χ0v) is 29.9. The number of aromatic nitrogens is 8. The van der Waals surface area contributed by atoms with Crippen LogP contribution in [0.15, 0.2) is 25.3 Å². The molecule has 5 N–H and O–H groups in total. The van der Waals surface area contributed by atoms with Gasteiger partial charge in [0.1, 0.15) is 59.3 Å². The number of nitrogens with one attached hydrogen (secondary N) is 1. The maximum absolute atomic E-state index is 6.58. The highest BCUT2D eigenvalue weighted by molar-refractivity contribution is 5.81. The van der Waals surface area contributed by atoms with E-state index in [9.17, 15) is 0 Å². The molecule has 17 heteroatoms. The van der Waals surface area contributed by atoms with Crippen LogP contribution in [-0.2, 0) is 28.4 Å². The van der Waals surface area contributed by atoms with Crippen LogP contribution in [-0.4, -0.2) is 98.8 Å². The summed E-state index contributed by atoms with van der Waals surface area (Å²) in [5, 5.41) is 3.57. The number of anilines is 2. The van der Waals surface area contributed by atoms with E-state index in [0.29, 0.717) is 45.9 Å². The second kappa shape index (κ2) is 11.5. The molecule has 2 spiro atoms. The van der Waals surface area contributed by atoms with Crippen LogP contribution in [0.5, 0.6) is 0 Å². The summed E-state index contributed by atoms with van der Waals surface area (Å²) in [6.45, 7) is 13.2. The molecule has 4 aromatic heterocycles. The molecule has 4 saturated heterocycles. The van der Waals surface area contributed by atoms with Crippen LogP contribution in [0, 0.1) is 5.92 Å². The van der Waals surface area contributed by atoms with E-state index in [1.54, 1.807) is 12.7 Å². The summed E-state index contributed by atoms with van der Waals surface area (Å²) >= 11 is 0. The Hall–Kier alpha value is -3.58. The Labute approximate surface area is 295 Å². The van der Waals surface area contributed by atoms with Gasteiger partial charge in [-0.15, -0.1) is 0 Å². The van der Waals surface area contributed by atoms with Crippen molar-refractivity contribution in [3.63, 3.8) is 0 Å². The lowest BCUT2D eigenvalue weighted by molar-refractivity contribution is -0.243. The zero-order chi connectivity index (χ0) is 35.5. The molecule has 0 amide bonds. The van der Waals surface area contributed by atoms with Gasteiger partial charge in [-0.1, -0.05) is 13.8 Å². The highest BCUT2D eigenvalue weighted by Gasteiger charge is 2.68. The Morgan fingerprint density at radius 3 is 1.61 bits per heavy atom. The zero-order valence-electron chi connectivity index (χ0n) is 29.9. The summed E-state index contributed by atoms with van der Waals surface area (Å²) in [5.41, 5.74) is 13.7. The lowest BCUT2D eigenvalue weighted by Crippen LogP contribution is -2.60. The minimum Gasteiger partial charge on any atom is -0.382 e. The van der Waals surface area contributed by atoms with Crippen molar-refractivity contribution in [3.8, 4) is 0 Å². The molecule has 4 aliphatic heterocycles. The molecule has 6 atom stereocenters. The topological polar surface area (TPSA) is 207 Å². The molecule has 4 aromatic rings. The van der Waals surface area contributed by atoms with Gasteiger partial charge in [0.25, 0.3) is 0 Å². The Bertz CT molecular complexity index is 1950. The number of hydrogen-bond acceptors (Lipinski definition) is 15. The number of nitrogen functional groups attached to an aromatic ring is 2. The minimum atomic E-state index is -0.642. The van der Waals surface area contributed by atoms with Crippen molar-refractivity contribution in [2.45, 2.75) is 139 Å². The fraction of sp³-hybridized carbons (Fsp3) is 0.706. The lowest BCUT2D eigenvalue weighted by Gasteiger charge is -2.47. The Kier molecular flexibility index (Phi) is 7.47. The van der Waals surface area contributed by atoms with Crippen LogP contribution in [0.25, 0.3) is 22.3 Å². The fourth-order valence-electron chi connectivity index (χ4n) is 9.15. The van der Waals surface area contributed by atoms with Gasteiger partial charge in [0, 0.05) is 6.04 Å². The van der Waals surface area contributed by atoms with E-state index in [1.807, 2.05) is 36.8 Å². The highest BCUT2D eigenvalue weighted by Crippen LogP contribution is 2.58. The van der Waals surface area contributed by atoms with Crippen LogP contribution < -0.4 is 16.8 Å². The molecule has 10 rings (SSSR count). The van der Waals surface area contributed by atoms with Gasteiger partial charge in [0.05, 0.1) is 12.7 Å². The van der Waals surface area contributed by atoms with Crippen molar-refractivity contribution >= 4 is 34.0 Å². The van der Waals surface area contributed by atoms with Gasteiger partial charge >= 0.3 is 0 Å². The molecule has 6 fully saturated rings.